The van der Waals surface area contributed by atoms with Crippen molar-refractivity contribution >= 4 is 12.2 Å². The zero-order valence-electron chi connectivity index (χ0n) is 15.8. The van der Waals surface area contributed by atoms with Gasteiger partial charge in [0, 0.05) is 11.1 Å². The average Bonchev–Trinajstić information content (AvgIpc) is 3.41. The quantitative estimate of drug-likeness (QED) is 0.472. The summed E-state index contributed by atoms with van der Waals surface area (Å²) in [5.41, 5.74) is 2.68. The number of benzene rings is 2. The molecule has 0 unspecified atom stereocenters. The fourth-order valence-electron chi connectivity index (χ4n) is 2.70. The number of ether oxygens (including phenoxy) is 1. The van der Waals surface area contributed by atoms with Gasteiger partial charge in [-0.3, -0.25) is 0 Å². The van der Waals surface area contributed by atoms with Gasteiger partial charge in [0.1, 0.15) is 23.8 Å². The molecular weight excluding hydrogens is 366 g/mol. The monoisotopic (exact) mass is 385 g/mol. The smallest absolute Gasteiger partial charge is 0.226 e. The van der Waals surface area contributed by atoms with Crippen molar-refractivity contribution in [1.29, 1.82) is 0 Å². The molecule has 0 atom stereocenters. The molecule has 1 N–H and O–H groups in total. The Balaban J connectivity index is 1.45. The number of nitrogens with zero attached hydrogens (tertiary/aromatic N) is 4. The summed E-state index contributed by atoms with van der Waals surface area (Å²) < 4.78 is 11.8. The van der Waals surface area contributed by atoms with Gasteiger partial charge in [-0.15, -0.1) is 5.10 Å². The van der Waals surface area contributed by atoms with Crippen LogP contribution in [0.5, 0.6) is 5.75 Å². The lowest BCUT2D eigenvalue weighted by atomic mass is 10.2. The molecule has 4 aromatic rings. The number of aromatic nitrogens is 5. The van der Waals surface area contributed by atoms with Crippen molar-refractivity contribution in [2.45, 2.75) is 13.5 Å². The van der Waals surface area contributed by atoms with Crippen molar-refractivity contribution in [3.8, 4) is 17.2 Å². The normalized spacial score (nSPS) is 11.5. The molecule has 0 fully saturated rings. The van der Waals surface area contributed by atoms with Gasteiger partial charge in [0.05, 0.1) is 0 Å². The molecule has 0 aliphatic carbocycles. The third kappa shape index (κ3) is 4.65. The first-order chi connectivity index (χ1) is 14.3. The highest BCUT2D eigenvalue weighted by molar-refractivity contribution is 5.60. The van der Waals surface area contributed by atoms with Crippen LogP contribution >= 0.6 is 0 Å². The van der Waals surface area contributed by atoms with Gasteiger partial charge in [0.25, 0.3) is 0 Å². The molecule has 0 saturated carbocycles. The minimum atomic E-state index is 0.326. The van der Waals surface area contributed by atoms with Crippen LogP contribution in [0.4, 0.5) is 0 Å². The summed E-state index contributed by atoms with van der Waals surface area (Å²) in [5, 5.41) is 13.5. The van der Waals surface area contributed by atoms with Crippen LogP contribution in [0.2, 0.25) is 0 Å². The van der Waals surface area contributed by atoms with E-state index in [9.17, 15) is 0 Å². The van der Waals surface area contributed by atoms with Gasteiger partial charge in [-0.05, 0) is 41.6 Å². The second kappa shape index (κ2) is 8.79. The van der Waals surface area contributed by atoms with Gasteiger partial charge in [0.2, 0.25) is 5.89 Å². The SMILES string of the molecule is Cc1oc(-c2ccccc2)nc1COc1ccccc1C=CC=Cc1nnn[nH]1. The predicted octanol–water partition coefficient (Wildman–Crippen LogP) is 4.47. The number of hydrogen-bond acceptors (Lipinski definition) is 6. The lowest BCUT2D eigenvalue weighted by Gasteiger charge is -2.07. The maximum atomic E-state index is 6.02. The van der Waals surface area contributed by atoms with Crippen molar-refractivity contribution in [3.63, 3.8) is 0 Å². The number of nitrogens with one attached hydrogen (secondary N) is 1. The van der Waals surface area contributed by atoms with E-state index in [4.69, 9.17) is 9.15 Å². The first-order valence-corrected chi connectivity index (χ1v) is 9.11. The number of aryl methyl sites for hydroxylation is 1. The molecule has 0 saturated heterocycles. The highest BCUT2D eigenvalue weighted by Crippen LogP contribution is 2.24. The zero-order valence-corrected chi connectivity index (χ0v) is 15.8. The third-order valence-corrected chi connectivity index (χ3v) is 4.20. The van der Waals surface area contributed by atoms with Crippen molar-refractivity contribution in [2.75, 3.05) is 0 Å². The highest BCUT2D eigenvalue weighted by Gasteiger charge is 2.12. The molecule has 0 spiro atoms. The molecule has 0 aliphatic heterocycles. The summed E-state index contributed by atoms with van der Waals surface area (Å²) in [4.78, 5) is 4.59. The Labute approximate surface area is 167 Å². The van der Waals surface area contributed by atoms with Crippen LogP contribution in [-0.4, -0.2) is 25.6 Å². The molecule has 2 heterocycles. The van der Waals surface area contributed by atoms with Crippen molar-refractivity contribution in [1.82, 2.24) is 25.6 Å². The Morgan fingerprint density at radius 3 is 2.62 bits per heavy atom. The van der Waals surface area contributed by atoms with Crippen LogP contribution in [0.15, 0.2) is 71.2 Å². The number of allylic oxidation sites excluding steroid dienone is 2. The Hall–Kier alpha value is -4.00. The summed E-state index contributed by atoms with van der Waals surface area (Å²) in [6.45, 7) is 2.22. The molecule has 7 nitrogen and oxygen atoms in total. The second-order valence-electron chi connectivity index (χ2n) is 6.22. The number of H-pyrrole nitrogens is 1. The summed E-state index contributed by atoms with van der Waals surface area (Å²) in [5.74, 6) is 2.71. The van der Waals surface area contributed by atoms with Gasteiger partial charge in [-0.25, -0.2) is 10.1 Å². The Bertz CT molecular complexity index is 1120. The van der Waals surface area contributed by atoms with Gasteiger partial charge < -0.3 is 9.15 Å². The largest absolute Gasteiger partial charge is 0.487 e. The minimum absolute atomic E-state index is 0.326. The second-order valence-corrected chi connectivity index (χ2v) is 6.22. The molecule has 2 aromatic carbocycles. The molecule has 0 radical (unpaired) electrons. The van der Waals surface area contributed by atoms with Crippen LogP contribution in [0.3, 0.4) is 0 Å². The van der Waals surface area contributed by atoms with Crippen LogP contribution in [0.1, 0.15) is 22.8 Å². The minimum Gasteiger partial charge on any atom is -0.487 e. The van der Waals surface area contributed by atoms with Crippen LogP contribution in [-0.2, 0) is 6.61 Å². The number of oxazole rings is 1. The fourth-order valence-corrected chi connectivity index (χ4v) is 2.70. The summed E-state index contributed by atoms with van der Waals surface area (Å²) >= 11 is 0. The van der Waals surface area contributed by atoms with Crippen LogP contribution < -0.4 is 4.74 Å². The van der Waals surface area contributed by atoms with Crippen LogP contribution in [0, 0.1) is 6.92 Å². The zero-order chi connectivity index (χ0) is 19.9. The van der Waals surface area contributed by atoms with E-state index in [1.807, 2.05) is 79.7 Å². The van der Waals surface area contributed by atoms with E-state index in [2.05, 4.69) is 25.6 Å². The standard InChI is InChI=1S/C22H19N5O2/c1-16-19(23-22(29-16)18-11-3-2-4-12-18)15-28-20-13-7-5-9-17(20)10-6-8-14-21-24-26-27-25-21/h2-14H,15H2,1H3,(H,24,25,26,27). The molecular formula is C22H19N5O2. The summed E-state index contributed by atoms with van der Waals surface area (Å²) in [7, 11) is 0. The molecule has 0 aliphatic rings. The maximum Gasteiger partial charge on any atom is 0.226 e. The summed E-state index contributed by atoms with van der Waals surface area (Å²) in [6.07, 6.45) is 7.50. The molecule has 7 heteroatoms. The van der Waals surface area contributed by atoms with E-state index in [1.54, 1.807) is 6.08 Å². The van der Waals surface area contributed by atoms with Gasteiger partial charge in [-0.1, -0.05) is 54.6 Å². The van der Waals surface area contributed by atoms with Gasteiger partial charge in [0.15, 0.2) is 5.82 Å². The fraction of sp³-hybridized carbons (Fsp3) is 0.0909. The highest BCUT2D eigenvalue weighted by atomic mass is 16.5. The average molecular weight is 385 g/mol. The van der Waals surface area contributed by atoms with Gasteiger partial charge >= 0.3 is 0 Å². The topological polar surface area (TPSA) is 89.7 Å². The summed E-state index contributed by atoms with van der Waals surface area (Å²) in [6, 6.07) is 17.6. The Morgan fingerprint density at radius 2 is 1.79 bits per heavy atom. The number of tetrazole rings is 1. The lowest BCUT2D eigenvalue weighted by Crippen LogP contribution is -1.99. The van der Waals surface area contributed by atoms with E-state index in [1.165, 1.54) is 0 Å². The molecule has 29 heavy (non-hydrogen) atoms. The molecule has 0 bridgehead atoms. The van der Waals surface area contributed by atoms with Crippen molar-refractivity contribution in [3.05, 3.63) is 89.6 Å². The van der Waals surface area contributed by atoms with E-state index >= 15 is 0 Å². The van der Waals surface area contributed by atoms with E-state index in [0.29, 0.717) is 18.3 Å². The maximum absolute atomic E-state index is 6.02. The molecule has 0 amide bonds. The predicted molar refractivity (Wildman–Crippen MR) is 110 cm³/mol. The van der Waals surface area contributed by atoms with E-state index < -0.39 is 0 Å². The Morgan fingerprint density at radius 1 is 1.00 bits per heavy atom. The van der Waals surface area contributed by atoms with E-state index in [0.717, 1.165) is 28.3 Å². The lowest BCUT2D eigenvalue weighted by molar-refractivity contribution is 0.299. The number of aromatic amines is 1. The number of hydrogen-bond donors (Lipinski definition) is 1. The van der Waals surface area contributed by atoms with Crippen molar-refractivity contribution < 1.29 is 9.15 Å². The molecule has 2 aromatic heterocycles. The first kappa shape index (κ1) is 18.4. The first-order valence-electron chi connectivity index (χ1n) is 9.11. The number of rotatable bonds is 7. The molecule has 4 rings (SSSR count). The third-order valence-electron chi connectivity index (χ3n) is 4.20. The Kier molecular flexibility index (Phi) is 5.57. The number of para-hydroxylation sites is 1. The van der Waals surface area contributed by atoms with Crippen LogP contribution in [0.25, 0.3) is 23.6 Å². The van der Waals surface area contributed by atoms with E-state index in [-0.39, 0.29) is 0 Å². The molecule has 144 valence electrons. The van der Waals surface area contributed by atoms with Gasteiger partial charge in [-0.2, -0.15) is 0 Å². The van der Waals surface area contributed by atoms with Crippen molar-refractivity contribution in [2.24, 2.45) is 0 Å².